The van der Waals surface area contributed by atoms with Crippen molar-refractivity contribution in [2.75, 3.05) is 20.3 Å². The topological polar surface area (TPSA) is 30.5 Å². The lowest BCUT2D eigenvalue weighted by atomic mass is 9.77. The average Bonchev–Trinajstić information content (AvgIpc) is 2.98. The molecule has 2 saturated carbocycles. The van der Waals surface area contributed by atoms with E-state index in [1.807, 2.05) is 0 Å². The summed E-state index contributed by atoms with van der Waals surface area (Å²) in [6.45, 7) is 3.93. The predicted octanol–water partition coefficient (Wildman–Crippen LogP) is 2.10. The molecule has 1 atom stereocenters. The molecule has 0 saturated heterocycles. The van der Waals surface area contributed by atoms with E-state index in [4.69, 9.17) is 9.47 Å². The molecule has 94 valence electrons. The Morgan fingerprint density at radius 1 is 1.38 bits per heavy atom. The molecule has 3 heteroatoms. The Kier molecular flexibility index (Phi) is 4.22. The van der Waals surface area contributed by atoms with Crippen LogP contribution in [0.5, 0.6) is 0 Å². The van der Waals surface area contributed by atoms with Gasteiger partial charge in [-0.15, -0.1) is 0 Å². The molecule has 0 heterocycles. The predicted molar refractivity (Wildman–Crippen MR) is 64.6 cm³/mol. The van der Waals surface area contributed by atoms with E-state index in [1.165, 1.54) is 32.1 Å². The van der Waals surface area contributed by atoms with Crippen molar-refractivity contribution < 1.29 is 9.47 Å². The Labute approximate surface area is 98.9 Å². The summed E-state index contributed by atoms with van der Waals surface area (Å²) in [5, 5.41) is 3.57. The zero-order valence-electron chi connectivity index (χ0n) is 10.6. The smallest absolute Gasteiger partial charge is 0.0787 e. The van der Waals surface area contributed by atoms with Crippen molar-refractivity contribution in [1.82, 2.24) is 5.32 Å². The molecule has 3 nitrogen and oxygen atoms in total. The molecule has 1 unspecified atom stereocenters. The van der Waals surface area contributed by atoms with Gasteiger partial charge in [-0.2, -0.15) is 0 Å². The van der Waals surface area contributed by atoms with E-state index in [1.54, 1.807) is 7.11 Å². The lowest BCUT2D eigenvalue weighted by Crippen LogP contribution is -2.45. The summed E-state index contributed by atoms with van der Waals surface area (Å²) in [5.74, 6) is 0. The van der Waals surface area contributed by atoms with Crippen LogP contribution in [0.4, 0.5) is 0 Å². The number of hydrogen-bond acceptors (Lipinski definition) is 3. The van der Waals surface area contributed by atoms with Crippen molar-refractivity contribution in [1.29, 1.82) is 0 Å². The van der Waals surface area contributed by atoms with Crippen LogP contribution in [0.3, 0.4) is 0 Å². The van der Waals surface area contributed by atoms with Crippen molar-refractivity contribution in [3.05, 3.63) is 0 Å². The molecule has 0 aromatic carbocycles. The third-order valence-electron chi connectivity index (χ3n) is 3.71. The fraction of sp³-hybridized carbons (Fsp3) is 1.00. The lowest BCUT2D eigenvalue weighted by Gasteiger charge is -2.43. The van der Waals surface area contributed by atoms with Crippen LogP contribution in [-0.2, 0) is 9.47 Å². The number of ether oxygens (including phenoxy) is 2. The van der Waals surface area contributed by atoms with Crippen LogP contribution in [0.25, 0.3) is 0 Å². The first-order valence-electron chi connectivity index (χ1n) is 6.64. The van der Waals surface area contributed by atoms with Crippen LogP contribution >= 0.6 is 0 Å². The molecule has 0 aromatic heterocycles. The van der Waals surface area contributed by atoms with E-state index in [0.29, 0.717) is 6.61 Å². The van der Waals surface area contributed by atoms with E-state index in [9.17, 15) is 0 Å². The maximum absolute atomic E-state index is 6.15. The fourth-order valence-corrected chi connectivity index (χ4v) is 2.48. The van der Waals surface area contributed by atoms with E-state index >= 15 is 0 Å². The third kappa shape index (κ3) is 3.44. The molecule has 0 aliphatic heterocycles. The molecular weight excluding hydrogens is 202 g/mol. The van der Waals surface area contributed by atoms with E-state index in [2.05, 4.69) is 12.2 Å². The minimum Gasteiger partial charge on any atom is -0.382 e. The molecule has 2 aliphatic carbocycles. The molecule has 0 bridgehead atoms. The Morgan fingerprint density at radius 3 is 2.62 bits per heavy atom. The Bertz CT molecular complexity index is 212. The van der Waals surface area contributed by atoms with Gasteiger partial charge in [-0.25, -0.2) is 0 Å². The molecule has 2 rings (SSSR count). The normalized spacial score (nSPS) is 25.1. The molecule has 16 heavy (non-hydrogen) atoms. The van der Waals surface area contributed by atoms with Gasteiger partial charge in [-0.05, 0) is 52.0 Å². The van der Waals surface area contributed by atoms with Crippen molar-refractivity contribution in [2.45, 2.75) is 63.2 Å². The summed E-state index contributed by atoms with van der Waals surface area (Å²) in [4.78, 5) is 0. The number of rotatable bonds is 8. The summed E-state index contributed by atoms with van der Waals surface area (Å²) in [5.41, 5.74) is 0.167. The van der Waals surface area contributed by atoms with Gasteiger partial charge in [0, 0.05) is 13.2 Å². The summed E-state index contributed by atoms with van der Waals surface area (Å²) in [6, 6.07) is 0.813. The summed E-state index contributed by atoms with van der Waals surface area (Å²) < 4.78 is 11.3. The van der Waals surface area contributed by atoms with Crippen molar-refractivity contribution in [3.63, 3.8) is 0 Å². The molecule has 0 amide bonds. The van der Waals surface area contributed by atoms with Gasteiger partial charge in [0.05, 0.1) is 18.3 Å². The quantitative estimate of drug-likeness (QED) is 0.689. The molecule has 0 radical (unpaired) electrons. The first kappa shape index (κ1) is 12.3. The molecular formula is C13H25NO2. The highest BCUT2D eigenvalue weighted by atomic mass is 16.5. The van der Waals surface area contributed by atoms with Gasteiger partial charge in [0.15, 0.2) is 0 Å². The fourth-order valence-electron chi connectivity index (χ4n) is 2.48. The van der Waals surface area contributed by atoms with Gasteiger partial charge in [-0.3, -0.25) is 0 Å². The van der Waals surface area contributed by atoms with Gasteiger partial charge >= 0.3 is 0 Å². The molecule has 2 fully saturated rings. The number of methoxy groups -OCH3 is 1. The first-order chi connectivity index (χ1) is 7.74. The van der Waals surface area contributed by atoms with Crippen LogP contribution in [0.2, 0.25) is 0 Å². The second-order valence-electron chi connectivity index (χ2n) is 5.40. The average molecular weight is 227 g/mol. The highest BCUT2D eigenvalue weighted by Gasteiger charge is 2.39. The highest BCUT2D eigenvalue weighted by Crippen LogP contribution is 2.39. The lowest BCUT2D eigenvalue weighted by molar-refractivity contribution is -0.150. The van der Waals surface area contributed by atoms with Crippen LogP contribution in [-0.4, -0.2) is 38.0 Å². The Hall–Kier alpha value is -0.120. The standard InChI is InChI=1S/C13H25NO2/c1-11(10-15-2)16-13(6-3-7-13)8-9-14-12-4-5-12/h11-12,14H,3-10H2,1-2H3. The van der Waals surface area contributed by atoms with Gasteiger partial charge in [0.2, 0.25) is 0 Å². The van der Waals surface area contributed by atoms with Gasteiger partial charge in [0.1, 0.15) is 0 Å². The second-order valence-corrected chi connectivity index (χ2v) is 5.40. The van der Waals surface area contributed by atoms with E-state index in [-0.39, 0.29) is 11.7 Å². The Balaban J connectivity index is 1.67. The van der Waals surface area contributed by atoms with Crippen molar-refractivity contribution >= 4 is 0 Å². The van der Waals surface area contributed by atoms with Crippen LogP contribution in [0.1, 0.15) is 45.4 Å². The van der Waals surface area contributed by atoms with Crippen molar-refractivity contribution in [3.8, 4) is 0 Å². The maximum atomic E-state index is 6.15. The minimum atomic E-state index is 0.167. The van der Waals surface area contributed by atoms with Crippen LogP contribution in [0.15, 0.2) is 0 Å². The van der Waals surface area contributed by atoms with Gasteiger partial charge in [-0.1, -0.05) is 0 Å². The summed E-state index contributed by atoms with van der Waals surface area (Å²) >= 11 is 0. The van der Waals surface area contributed by atoms with E-state index < -0.39 is 0 Å². The van der Waals surface area contributed by atoms with Gasteiger partial charge < -0.3 is 14.8 Å². The molecule has 0 spiro atoms. The second kappa shape index (κ2) is 5.48. The van der Waals surface area contributed by atoms with Gasteiger partial charge in [0.25, 0.3) is 0 Å². The first-order valence-corrected chi connectivity index (χ1v) is 6.64. The molecule has 1 N–H and O–H groups in total. The monoisotopic (exact) mass is 227 g/mol. The van der Waals surface area contributed by atoms with Crippen LogP contribution in [0, 0.1) is 0 Å². The summed E-state index contributed by atoms with van der Waals surface area (Å²) in [6.07, 6.45) is 7.91. The minimum absolute atomic E-state index is 0.167. The third-order valence-corrected chi connectivity index (χ3v) is 3.71. The van der Waals surface area contributed by atoms with Crippen LogP contribution < -0.4 is 5.32 Å². The number of hydrogen-bond donors (Lipinski definition) is 1. The zero-order valence-corrected chi connectivity index (χ0v) is 10.6. The van der Waals surface area contributed by atoms with E-state index in [0.717, 1.165) is 19.0 Å². The summed E-state index contributed by atoms with van der Waals surface area (Å²) in [7, 11) is 1.74. The Morgan fingerprint density at radius 2 is 2.12 bits per heavy atom. The largest absolute Gasteiger partial charge is 0.382 e. The van der Waals surface area contributed by atoms with Crippen molar-refractivity contribution in [2.24, 2.45) is 0 Å². The highest BCUT2D eigenvalue weighted by molar-refractivity contribution is 4.92. The SMILES string of the molecule is COCC(C)OC1(CCNC2CC2)CCC1. The zero-order chi connectivity index (χ0) is 11.4. The maximum Gasteiger partial charge on any atom is 0.0787 e. The molecule has 2 aliphatic rings. The number of nitrogens with one attached hydrogen (secondary N) is 1. The molecule has 0 aromatic rings.